The van der Waals surface area contributed by atoms with Gasteiger partial charge < -0.3 is 15.4 Å². The molecule has 1 aliphatic rings. The maximum Gasteiger partial charge on any atom is 0.278 e. The summed E-state index contributed by atoms with van der Waals surface area (Å²) in [5.74, 6) is 1.05. The van der Waals surface area contributed by atoms with Gasteiger partial charge in [0.2, 0.25) is 5.95 Å². The lowest BCUT2D eigenvalue weighted by atomic mass is 9.92. The zero-order valence-corrected chi connectivity index (χ0v) is 20.6. The number of anilines is 2. The van der Waals surface area contributed by atoms with Gasteiger partial charge in [-0.1, -0.05) is 32.9 Å². The molecule has 0 bridgehead atoms. The van der Waals surface area contributed by atoms with Crippen molar-refractivity contribution in [3.05, 3.63) is 69.8 Å². The van der Waals surface area contributed by atoms with Crippen LogP contribution in [0.4, 0.5) is 11.6 Å². The normalized spacial score (nSPS) is 13.7. The summed E-state index contributed by atoms with van der Waals surface area (Å²) in [7, 11) is 1.62. The van der Waals surface area contributed by atoms with E-state index in [0.29, 0.717) is 36.0 Å². The fourth-order valence-corrected chi connectivity index (χ4v) is 4.35. The van der Waals surface area contributed by atoms with Gasteiger partial charge in [0.05, 0.1) is 13.2 Å². The van der Waals surface area contributed by atoms with E-state index in [1.165, 1.54) is 11.1 Å². The highest BCUT2D eigenvalue weighted by atomic mass is 16.5. The van der Waals surface area contributed by atoms with Crippen molar-refractivity contribution in [2.24, 2.45) is 0 Å². The van der Waals surface area contributed by atoms with E-state index in [2.05, 4.69) is 48.5 Å². The third kappa shape index (κ3) is 4.56. The average Bonchev–Trinajstić information content (AvgIpc) is 3.13. The van der Waals surface area contributed by atoms with Crippen LogP contribution >= 0.6 is 0 Å². The molecule has 0 atom stereocenters. The highest BCUT2D eigenvalue weighted by Gasteiger charge is 2.21. The molecule has 0 amide bonds. The van der Waals surface area contributed by atoms with Gasteiger partial charge in [-0.2, -0.15) is 4.98 Å². The summed E-state index contributed by atoms with van der Waals surface area (Å²) >= 11 is 0. The summed E-state index contributed by atoms with van der Waals surface area (Å²) in [6.45, 7) is 8.95. The molecule has 35 heavy (non-hydrogen) atoms. The zero-order chi connectivity index (χ0) is 24.6. The first kappa shape index (κ1) is 23.2. The monoisotopic (exact) mass is 473 g/mol. The smallest absolute Gasteiger partial charge is 0.278 e. The fraction of sp³-hybridized carbons (Fsp3) is 0.385. The Kier molecular flexibility index (Phi) is 6.12. The number of fused-ring (bicyclic) bond motifs is 2. The third-order valence-electron chi connectivity index (χ3n) is 6.25. The standard InChI is InChI=1S/C26H31N7O2/c1-26(2,3)21-6-5-7-22(30-21)33-23-20(24(34)32(33)12-13-35-4)16-28-25(31-23)29-19-9-8-17-10-11-27-15-18(17)14-19/h5-9,14,16,27H,10-13,15H2,1-4H3,(H,28,29,31). The van der Waals surface area contributed by atoms with Crippen LogP contribution in [0.2, 0.25) is 0 Å². The van der Waals surface area contributed by atoms with Crippen LogP contribution in [0.15, 0.2) is 47.4 Å². The maximum absolute atomic E-state index is 13.3. The van der Waals surface area contributed by atoms with E-state index in [-0.39, 0.29) is 11.0 Å². The summed E-state index contributed by atoms with van der Waals surface area (Å²) in [4.78, 5) is 27.4. The van der Waals surface area contributed by atoms with Gasteiger partial charge >= 0.3 is 0 Å². The lowest BCUT2D eigenvalue weighted by Crippen LogP contribution is -2.25. The van der Waals surface area contributed by atoms with Gasteiger partial charge in [-0.3, -0.25) is 4.79 Å². The molecule has 9 nitrogen and oxygen atoms in total. The Bertz CT molecular complexity index is 1430. The van der Waals surface area contributed by atoms with Crippen LogP contribution in [0.25, 0.3) is 16.9 Å². The minimum absolute atomic E-state index is 0.139. The summed E-state index contributed by atoms with van der Waals surface area (Å²) < 4.78 is 8.66. The van der Waals surface area contributed by atoms with E-state index < -0.39 is 0 Å². The lowest BCUT2D eigenvalue weighted by Gasteiger charge is -2.19. The molecule has 0 saturated carbocycles. The SMILES string of the molecule is COCCn1c(=O)c2cnc(Nc3ccc4c(c3)CNCC4)nc2n1-c1cccc(C(C)(C)C)n1. The number of ether oxygens (including phenoxy) is 1. The highest BCUT2D eigenvalue weighted by Crippen LogP contribution is 2.24. The molecule has 0 aliphatic carbocycles. The van der Waals surface area contributed by atoms with Crippen LogP contribution < -0.4 is 16.2 Å². The first-order valence-corrected chi connectivity index (χ1v) is 11.9. The molecule has 0 saturated heterocycles. The van der Waals surface area contributed by atoms with Crippen molar-refractivity contribution < 1.29 is 4.74 Å². The minimum atomic E-state index is -0.175. The summed E-state index contributed by atoms with van der Waals surface area (Å²) in [5, 5.41) is 7.15. The number of methoxy groups -OCH3 is 1. The van der Waals surface area contributed by atoms with Crippen molar-refractivity contribution in [3.8, 4) is 5.82 Å². The summed E-state index contributed by atoms with van der Waals surface area (Å²) in [6.07, 6.45) is 2.61. The van der Waals surface area contributed by atoms with E-state index in [1.807, 2.05) is 24.3 Å². The molecule has 2 N–H and O–H groups in total. The number of aromatic nitrogens is 5. The Morgan fingerprint density at radius 1 is 1.14 bits per heavy atom. The van der Waals surface area contributed by atoms with Gasteiger partial charge in [0.1, 0.15) is 5.39 Å². The Balaban J connectivity index is 1.61. The zero-order valence-electron chi connectivity index (χ0n) is 20.6. The Morgan fingerprint density at radius 3 is 2.80 bits per heavy atom. The van der Waals surface area contributed by atoms with E-state index in [9.17, 15) is 4.79 Å². The van der Waals surface area contributed by atoms with E-state index in [1.54, 1.807) is 22.7 Å². The second kappa shape index (κ2) is 9.24. The fourth-order valence-electron chi connectivity index (χ4n) is 4.35. The Hall–Kier alpha value is -3.56. The van der Waals surface area contributed by atoms with Crippen LogP contribution in [0.3, 0.4) is 0 Å². The van der Waals surface area contributed by atoms with Crippen molar-refractivity contribution in [2.75, 3.05) is 25.6 Å². The molecule has 4 heterocycles. The lowest BCUT2D eigenvalue weighted by molar-refractivity contribution is 0.180. The van der Waals surface area contributed by atoms with E-state index in [4.69, 9.17) is 14.7 Å². The predicted octanol–water partition coefficient (Wildman–Crippen LogP) is 3.31. The quantitative estimate of drug-likeness (QED) is 0.443. The number of pyridine rings is 1. The number of nitrogens with zero attached hydrogens (tertiary/aromatic N) is 5. The molecule has 1 aliphatic heterocycles. The number of benzene rings is 1. The van der Waals surface area contributed by atoms with Crippen molar-refractivity contribution in [3.63, 3.8) is 0 Å². The number of nitrogens with one attached hydrogen (secondary N) is 2. The van der Waals surface area contributed by atoms with Gasteiger partial charge in [-0.05, 0) is 48.4 Å². The molecular formula is C26H31N7O2. The maximum atomic E-state index is 13.3. The van der Waals surface area contributed by atoms with Crippen LogP contribution in [0, 0.1) is 0 Å². The average molecular weight is 474 g/mol. The van der Waals surface area contributed by atoms with Gasteiger partial charge in [-0.25, -0.2) is 19.3 Å². The van der Waals surface area contributed by atoms with Gasteiger partial charge in [0.15, 0.2) is 11.5 Å². The first-order valence-electron chi connectivity index (χ1n) is 11.9. The number of hydrogen-bond acceptors (Lipinski definition) is 7. The molecule has 9 heteroatoms. The molecule has 0 fully saturated rings. The van der Waals surface area contributed by atoms with Crippen LogP contribution in [0.5, 0.6) is 0 Å². The van der Waals surface area contributed by atoms with Crippen molar-refractivity contribution in [1.29, 1.82) is 0 Å². The molecule has 182 valence electrons. The van der Waals surface area contributed by atoms with Gasteiger partial charge in [-0.15, -0.1) is 0 Å². The molecule has 0 spiro atoms. The van der Waals surface area contributed by atoms with Gasteiger partial charge in [0, 0.05) is 36.6 Å². The van der Waals surface area contributed by atoms with Crippen molar-refractivity contribution >= 4 is 22.7 Å². The molecule has 1 aromatic carbocycles. The third-order valence-corrected chi connectivity index (χ3v) is 6.25. The highest BCUT2D eigenvalue weighted by molar-refractivity contribution is 5.77. The minimum Gasteiger partial charge on any atom is -0.383 e. The molecule has 5 rings (SSSR count). The molecular weight excluding hydrogens is 442 g/mol. The topological polar surface area (TPSA) is 98.9 Å². The van der Waals surface area contributed by atoms with Gasteiger partial charge in [0.25, 0.3) is 5.56 Å². The second-order valence-electron chi connectivity index (χ2n) is 9.83. The summed E-state index contributed by atoms with van der Waals surface area (Å²) in [6, 6.07) is 12.2. The van der Waals surface area contributed by atoms with Crippen molar-refractivity contribution in [1.82, 2.24) is 29.6 Å². The molecule has 0 unspecified atom stereocenters. The first-order chi connectivity index (χ1) is 16.8. The van der Waals surface area contributed by atoms with Crippen LogP contribution in [-0.4, -0.2) is 44.6 Å². The van der Waals surface area contributed by atoms with E-state index >= 15 is 0 Å². The number of rotatable bonds is 6. The second-order valence-corrected chi connectivity index (χ2v) is 9.83. The van der Waals surface area contributed by atoms with Crippen molar-refractivity contribution in [2.45, 2.75) is 45.7 Å². The molecule has 4 aromatic rings. The Morgan fingerprint density at radius 2 is 2.00 bits per heavy atom. The number of hydrogen-bond donors (Lipinski definition) is 2. The van der Waals surface area contributed by atoms with E-state index in [0.717, 1.165) is 30.9 Å². The Labute approximate surface area is 204 Å². The predicted molar refractivity (Wildman–Crippen MR) is 137 cm³/mol. The molecule has 3 aromatic heterocycles. The largest absolute Gasteiger partial charge is 0.383 e. The summed E-state index contributed by atoms with van der Waals surface area (Å²) in [5.41, 5.74) is 4.66. The van der Waals surface area contributed by atoms with Crippen LogP contribution in [0.1, 0.15) is 37.6 Å². The molecule has 0 radical (unpaired) electrons. The van der Waals surface area contributed by atoms with Crippen LogP contribution in [-0.2, 0) is 29.7 Å².